The number of carbonyl (C=O) groups excluding carboxylic acids is 5. The third-order valence-corrected chi connectivity index (χ3v) is 1.57. The molecule has 0 aliphatic rings. The van der Waals surface area contributed by atoms with Crippen LogP contribution in [0.3, 0.4) is 0 Å². The van der Waals surface area contributed by atoms with E-state index in [9.17, 15) is 14.4 Å². The molecule has 0 saturated carbocycles. The molecule has 0 fully saturated rings. The van der Waals surface area contributed by atoms with Crippen molar-refractivity contribution in [3.8, 4) is 0 Å². The van der Waals surface area contributed by atoms with Gasteiger partial charge in [-0.25, -0.2) is 0 Å². The molecule has 0 aliphatic heterocycles. The molecule has 0 aromatic rings. The van der Waals surface area contributed by atoms with Crippen molar-refractivity contribution in [3.63, 3.8) is 0 Å². The normalized spacial score (nSPS) is 6.82. The quantitative estimate of drug-likeness (QED) is 0.0578. The molecule has 0 aromatic carbocycles. The number of ketones is 3. The number of hydrogen-bond donors (Lipinski definition) is 1. The fourth-order valence-electron chi connectivity index (χ4n) is 0.488. The number of nitrogens with zero attached hydrogens (tertiary/aromatic N) is 1. The molecular weight excluding hydrogens is 446 g/mol. The molecule has 11 nitrogen and oxygen atoms in total. The maximum absolute atomic E-state index is 10.5. The van der Waals surface area contributed by atoms with Crippen molar-refractivity contribution in [1.82, 2.24) is 0 Å². The first kappa shape index (κ1) is 57.0. The van der Waals surface area contributed by atoms with Crippen molar-refractivity contribution >= 4 is 36.0 Å². The van der Waals surface area contributed by atoms with Crippen molar-refractivity contribution < 1.29 is 182 Å². The van der Waals surface area contributed by atoms with Crippen LogP contribution in [0.2, 0.25) is 0 Å². The predicted molar refractivity (Wildman–Crippen MR) is 71.3 cm³/mol. The smallest absolute Gasteiger partial charge is 1.00 e. The molecule has 1 N–H and O–H groups in total. The molecule has 0 aliphatic carbocycles. The van der Waals surface area contributed by atoms with Gasteiger partial charge >= 0.3 is 118 Å². The summed E-state index contributed by atoms with van der Waals surface area (Å²) in [7, 11) is 0. The van der Waals surface area contributed by atoms with Gasteiger partial charge in [0.15, 0.2) is 18.0 Å². The number of carbonyl (C=O) groups is 5. The average molecular weight is 465 g/mol. The average Bonchev–Trinajstić information content (AvgIpc) is 2.60. The zero-order valence-electron chi connectivity index (χ0n) is 18.2. The van der Waals surface area contributed by atoms with E-state index in [1.54, 1.807) is 6.92 Å². The van der Waals surface area contributed by atoms with E-state index < -0.39 is 11.6 Å². The van der Waals surface area contributed by atoms with Crippen molar-refractivity contribution in [1.29, 1.82) is 0 Å². The second-order valence-electron chi connectivity index (χ2n) is 3.08. The van der Waals surface area contributed by atoms with Gasteiger partial charge in [-0.15, -0.1) is 0 Å². The summed E-state index contributed by atoms with van der Waals surface area (Å²) in [6.45, 7) is 7.32. The number of Topliss-reactive ketones (excluding diaryl/α,β-unsaturated/α-hetero) is 3. The van der Waals surface area contributed by atoms with Gasteiger partial charge in [-0.3, -0.25) is 24.0 Å². The Morgan fingerprint density at radius 1 is 1.00 bits per heavy atom. The van der Waals surface area contributed by atoms with E-state index in [-0.39, 0.29) is 163 Å². The third-order valence-electron chi connectivity index (χ3n) is 1.57. The van der Waals surface area contributed by atoms with Crippen LogP contribution in [0.15, 0.2) is 5.16 Å². The standard InChI is InChI=1S/C5H9NO2.C5H7O2.2CH2O3.ClH.4Na.H/c1-3-5(7)4(2)6-8;1-3-5(7)4(2)6;2*2-1-4-3;;;;;;/h8H,3H2,1-2H3;1,3H2,2H3;2*1,3H;1H;;;;;/q;+1;;;;4*+1;-1/p-3/b6-4-;;;;;;;;;. The maximum atomic E-state index is 10.5. The van der Waals surface area contributed by atoms with Crippen LogP contribution in [0.1, 0.15) is 35.0 Å². The Bertz CT molecular complexity index is 399. The molecule has 0 radical (unpaired) electrons. The van der Waals surface area contributed by atoms with E-state index in [4.69, 9.17) is 25.3 Å². The van der Waals surface area contributed by atoms with Crippen LogP contribution in [-0.4, -0.2) is 41.2 Å². The van der Waals surface area contributed by atoms with Crippen LogP contribution < -0.4 is 141 Å². The summed E-state index contributed by atoms with van der Waals surface area (Å²) in [5.74, 6) is -0.928. The third kappa shape index (κ3) is 63.1. The summed E-state index contributed by atoms with van der Waals surface area (Å²) in [6.07, 6.45) is 0.477. The zero-order chi connectivity index (χ0) is 19.3. The first-order valence-corrected chi connectivity index (χ1v) is 5.73. The summed E-state index contributed by atoms with van der Waals surface area (Å²) >= 11 is 0. The second-order valence-corrected chi connectivity index (χ2v) is 3.08. The summed E-state index contributed by atoms with van der Waals surface area (Å²) in [4.78, 5) is 53.0. The molecule has 0 atom stereocenters. The van der Waals surface area contributed by atoms with Gasteiger partial charge in [-0.1, -0.05) is 12.1 Å². The molecule has 142 valence electrons. The van der Waals surface area contributed by atoms with Crippen LogP contribution in [0.5, 0.6) is 0 Å². The van der Waals surface area contributed by atoms with Crippen LogP contribution in [0, 0.1) is 6.92 Å². The van der Waals surface area contributed by atoms with Gasteiger partial charge in [-0.2, -0.15) is 0 Å². The van der Waals surface area contributed by atoms with Crippen molar-refractivity contribution in [2.75, 3.05) is 0 Å². The monoisotopic (exact) mass is 464 g/mol. The Kier molecular flexibility index (Phi) is 104. The van der Waals surface area contributed by atoms with Gasteiger partial charge in [0.2, 0.25) is 5.78 Å². The Morgan fingerprint density at radius 3 is 1.32 bits per heavy atom. The SMILES string of the molecule is CCC(=O)/C(C)=N\O.O=CO[O-].O=CO[O-].[CH2+]CC(=O)C(C)=O.[Cl-].[H-].[Na+].[Na+].[Na+].[Na+]. The fraction of sp³-hybridized carbons (Fsp3) is 0.417. The minimum atomic E-state index is -0.407. The minimum Gasteiger partial charge on any atom is -1.00 e. The second kappa shape index (κ2) is 51.3. The summed E-state index contributed by atoms with van der Waals surface area (Å²) in [6, 6.07) is 0. The molecule has 28 heavy (non-hydrogen) atoms. The predicted octanol–water partition coefficient (Wildman–Crippen LogP) is -16.8. The Hall–Kier alpha value is 1.50. The zero-order valence-corrected chi connectivity index (χ0v) is 26.0. The first-order chi connectivity index (χ1) is 10.7. The van der Waals surface area contributed by atoms with Gasteiger partial charge in [0.05, 0.1) is 6.92 Å². The Labute approximate surface area is 259 Å². The van der Waals surface area contributed by atoms with Crippen molar-refractivity contribution in [2.24, 2.45) is 5.16 Å². The van der Waals surface area contributed by atoms with Crippen LogP contribution >= 0.6 is 0 Å². The molecule has 0 rings (SSSR count). The molecule has 0 bridgehead atoms. The molecule has 16 heteroatoms. The molecule has 0 heterocycles. The molecule has 0 spiro atoms. The number of rotatable bonds is 6. The Balaban J connectivity index is -0.0000000201. The number of halogens is 1. The van der Waals surface area contributed by atoms with Crippen LogP contribution in [-0.2, 0) is 33.7 Å². The van der Waals surface area contributed by atoms with Crippen molar-refractivity contribution in [2.45, 2.75) is 33.6 Å². The van der Waals surface area contributed by atoms with Gasteiger partial charge in [0.25, 0.3) is 12.9 Å². The van der Waals surface area contributed by atoms with Gasteiger partial charge in [-0.05, 0) is 6.92 Å². The van der Waals surface area contributed by atoms with E-state index in [0.29, 0.717) is 6.42 Å². The fourth-order valence-corrected chi connectivity index (χ4v) is 0.488. The molecule has 0 saturated heterocycles. The molecular formula is C12H19ClNNa4O10+. The van der Waals surface area contributed by atoms with E-state index in [0.717, 1.165) is 0 Å². The van der Waals surface area contributed by atoms with E-state index in [1.165, 1.54) is 13.8 Å². The summed E-state index contributed by atoms with van der Waals surface area (Å²) in [5, 5.41) is 27.6. The largest absolute Gasteiger partial charge is 1.00 e. The molecule has 0 unspecified atom stereocenters. The maximum Gasteiger partial charge on any atom is 1.00 e. The van der Waals surface area contributed by atoms with E-state index in [2.05, 4.69) is 21.9 Å². The van der Waals surface area contributed by atoms with Crippen LogP contribution in [0.4, 0.5) is 0 Å². The van der Waals surface area contributed by atoms with Gasteiger partial charge < -0.3 is 39.3 Å². The van der Waals surface area contributed by atoms with Gasteiger partial charge in [0, 0.05) is 13.3 Å². The molecule has 0 aromatic heterocycles. The topological polar surface area (TPSA) is 183 Å². The number of oxime groups is 1. The van der Waals surface area contributed by atoms with E-state index >= 15 is 0 Å². The summed E-state index contributed by atoms with van der Waals surface area (Å²) < 4.78 is 0. The molecule has 0 amide bonds. The number of hydrogen-bond acceptors (Lipinski definition) is 11. The van der Waals surface area contributed by atoms with Crippen LogP contribution in [0.25, 0.3) is 0 Å². The minimum absolute atomic E-state index is 0. The van der Waals surface area contributed by atoms with Gasteiger partial charge in [0.1, 0.15) is 5.71 Å². The van der Waals surface area contributed by atoms with Crippen molar-refractivity contribution in [3.05, 3.63) is 6.92 Å². The Morgan fingerprint density at radius 2 is 1.29 bits per heavy atom. The summed E-state index contributed by atoms with van der Waals surface area (Å²) in [5.41, 5.74) is 0.174. The van der Waals surface area contributed by atoms with E-state index in [1.807, 2.05) is 0 Å². The first-order valence-electron chi connectivity index (χ1n) is 5.73.